The Hall–Kier alpha value is -1.99. The van der Waals surface area contributed by atoms with Gasteiger partial charge < -0.3 is 5.32 Å². The van der Waals surface area contributed by atoms with E-state index < -0.39 is 0 Å². The number of benzene rings is 1. The standard InChI is InChI=1S/C17H14BrN3O2S/c18-11-3-1-10(2-4-11)14-7-13-16(24-14)17(23)21(9-19-13)8-15(22)20-12-5-6-12/h1-4,7,9,12H,5-6,8H2,(H,20,22). The lowest BCUT2D eigenvalue weighted by molar-refractivity contribution is -0.121. The zero-order chi connectivity index (χ0) is 16.7. The lowest BCUT2D eigenvalue weighted by atomic mass is 10.2. The molecule has 1 fully saturated rings. The topological polar surface area (TPSA) is 64.0 Å². The molecule has 1 N–H and O–H groups in total. The van der Waals surface area contributed by atoms with E-state index in [1.54, 1.807) is 0 Å². The van der Waals surface area contributed by atoms with Crippen molar-refractivity contribution in [1.29, 1.82) is 0 Å². The molecule has 3 aromatic rings. The number of fused-ring (bicyclic) bond motifs is 1. The smallest absolute Gasteiger partial charge is 0.271 e. The molecule has 1 aliphatic carbocycles. The van der Waals surface area contributed by atoms with Crippen LogP contribution in [-0.2, 0) is 11.3 Å². The molecule has 24 heavy (non-hydrogen) atoms. The number of nitrogens with one attached hydrogen (secondary N) is 1. The number of hydrogen-bond donors (Lipinski definition) is 1. The molecule has 0 atom stereocenters. The molecule has 2 aromatic heterocycles. The van der Waals surface area contributed by atoms with Gasteiger partial charge in [-0.3, -0.25) is 14.2 Å². The summed E-state index contributed by atoms with van der Waals surface area (Å²) >= 11 is 4.83. The van der Waals surface area contributed by atoms with Crippen molar-refractivity contribution in [2.24, 2.45) is 0 Å². The van der Waals surface area contributed by atoms with E-state index in [4.69, 9.17) is 0 Å². The summed E-state index contributed by atoms with van der Waals surface area (Å²) < 4.78 is 2.96. The molecule has 1 aromatic carbocycles. The van der Waals surface area contributed by atoms with Crippen molar-refractivity contribution in [2.45, 2.75) is 25.4 Å². The first kappa shape index (κ1) is 15.5. The van der Waals surface area contributed by atoms with Gasteiger partial charge in [0.25, 0.3) is 5.56 Å². The van der Waals surface area contributed by atoms with Gasteiger partial charge in [0.1, 0.15) is 11.2 Å². The molecule has 0 unspecified atom stereocenters. The predicted molar refractivity (Wildman–Crippen MR) is 98.2 cm³/mol. The van der Waals surface area contributed by atoms with Crippen LogP contribution in [-0.4, -0.2) is 21.5 Å². The summed E-state index contributed by atoms with van der Waals surface area (Å²) in [7, 11) is 0. The molecule has 1 saturated carbocycles. The van der Waals surface area contributed by atoms with Crippen LogP contribution in [0.2, 0.25) is 0 Å². The van der Waals surface area contributed by atoms with Crippen LogP contribution in [0.1, 0.15) is 12.8 Å². The molecule has 4 rings (SSSR count). The third kappa shape index (κ3) is 3.14. The second-order valence-electron chi connectivity index (χ2n) is 5.85. The molecule has 122 valence electrons. The minimum Gasteiger partial charge on any atom is -0.352 e. The predicted octanol–water partition coefficient (Wildman–Crippen LogP) is 3.17. The summed E-state index contributed by atoms with van der Waals surface area (Å²) in [6, 6.07) is 10.1. The Bertz CT molecular complexity index is 974. The van der Waals surface area contributed by atoms with Gasteiger partial charge in [-0.15, -0.1) is 11.3 Å². The highest BCUT2D eigenvalue weighted by Gasteiger charge is 2.23. The van der Waals surface area contributed by atoms with Crippen LogP contribution in [0.15, 0.2) is 45.9 Å². The molecule has 0 spiro atoms. The Morgan fingerprint density at radius 3 is 2.79 bits per heavy atom. The normalized spacial score (nSPS) is 14.0. The highest BCUT2D eigenvalue weighted by molar-refractivity contribution is 9.10. The third-order valence-electron chi connectivity index (χ3n) is 3.89. The first-order valence-electron chi connectivity index (χ1n) is 7.64. The Balaban J connectivity index is 1.66. The number of halogens is 1. The number of carbonyl (C=O) groups is 1. The summed E-state index contributed by atoms with van der Waals surface area (Å²) in [6.07, 6.45) is 3.51. The number of amides is 1. The van der Waals surface area contributed by atoms with E-state index in [1.165, 1.54) is 22.2 Å². The third-order valence-corrected chi connectivity index (χ3v) is 5.58. The first-order valence-corrected chi connectivity index (χ1v) is 9.25. The summed E-state index contributed by atoms with van der Waals surface area (Å²) in [4.78, 5) is 29.8. The Kier molecular flexibility index (Phi) is 3.97. The molecule has 1 aliphatic rings. The average molecular weight is 404 g/mol. The molecule has 0 aliphatic heterocycles. The molecule has 2 heterocycles. The van der Waals surface area contributed by atoms with Crippen LogP contribution < -0.4 is 10.9 Å². The Labute approximate surface area is 150 Å². The van der Waals surface area contributed by atoms with Gasteiger partial charge in [-0.1, -0.05) is 28.1 Å². The lowest BCUT2D eigenvalue weighted by Crippen LogP contribution is -2.33. The van der Waals surface area contributed by atoms with Gasteiger partial charge in [-0.2, -0.15) is 0 Å². The molecular weight excluding hydrogens is 390 g/mol. The second-order valence-corrected chi connectivity index (χ2v) is 7.82. The van der Waals surface area contributed by atoms with Crippen molar-refractivity contribution < 1.29 is 4.79 Å². The van der Waals surface area contributed by atoms with Gasteiger partial charge in [0.05, 0.1) is 11.8 Å². The molecular formula is C17H14BrN3O2S. The summed E-state index contributed by atoms with van der Waals surface area (Å²) in [5, 5.41) is 2.89. The molecule has 5 nitrogen and oxygen atoms in total. The first-order chi connectivity index (χ1) is 11.6. The monoisotopic (exact) mass is 403 g/mol. The summed E-state index contributed by atoms with van der Waals surface area (Å²) in [5.74, 6) is -0.134. The van der Waals surface area contributed by atoms with Crippen LogP contribution >= 0.6 is 27.3 Å². The van der Waals surface area contributed by atoms with Crippen molar-refractivity contribution >= 4 is 43.4 Å². The van der Waals surface area contributed by atoms with Crippen molar-refractivity contribution in [2.75, 3.05) is 0 Å². The minimum atomic E-state index is -0.167. The highest BCUT2D eigenvalue weighted by Crippen LogP contribution is 2.31. The maximum absolute atomic E-state index is 12.6. The number of rotatable bonds is 4. The van der Waals surface area contributed by atoms with Crippen LogP contribution in [0, 0.1) is 0 Å². The number of hydrogen-bond acceptors (Lipinski definition) is 4. The van der Waals surface area contributed by atoms with Crippen molar-refractivity contribution in [3.63, 3.8) is 0 Å². The highest BCUT2D eigenvalue weighted by atomic mass is 79.9. The SMILES string of the molecule is O=C(Cn1cnc2cc(-c3ccc(Br)cc3)sc2c1=O)NC1CC1. The van der Waals surface area contributed by atoms with E-state index in [-0.39, 0.29) is 24.1 Å². The fraction of sp³-hybridized carbons (Fsp3) is 0.235. The molecule has 1 amide bonds. The summed E-state index contributed by atoms with van der Waals surface area (Å²) in [5.41, 5.74) is 1.54. The van der Waals surface area contributed by atoms with E-state index in [0.717, 1.165) is 27.8 Å². The van der Waals surface area contributed by atoms with Gasteiger partial charge >= 0.3 is 0 Å². The van der Waals surface area contributed by atoms with Crippen molar-refractivity contribution in [1.82, 2.24) is 14.9 Å². The number of nitrogens with zero attached hydrogens (tertiary/aromatic N) is 2. The van der Waals surface area contributed by atoms with E-state index in [1.807, 2.05) is 30.3 Å². The average Bonchev–Trinajstić information content (AvgIpc) is 3.26. The van der Waals surface area contributed by atoms with Gasteiger partial charge in [0.2, 0.25) is 5.91 Å². The van der Waals surface area contributed by atoms with Crippen molar-refractivity contribution in [3.8, 4) is 10.4 Å². The number of thiophene rings is 1. The molecule has 7 heteroatoms. The molecule has 0 radical (unpaired) electrons. The van der Waals surface area contributed by atoms with Gasteiger partial charge in [0.15, 0.2) is 0 Å². The summed E-state index contributed by atoms with van der Waals surface area (Å²) in [6.45, 7) is 0.0176. The van der Waals surface area contributed by atoms with Gasteiger partial charge in [0, 0.05) is 15.4 Å². The zero-order valence-corrected chi connectivity index (χ0v) is 15.1. The fourth-order valence-corrected chi connectivity index (χ4v) is 3.80. The van der Waals surface area contributed by atoms with Crippen LogP contribution in [0.5, 0.6) is 0 Å². The van der Waals surface area contributed by atoms with E-state index in [9.17, 15) is 9.59 Å². The Morgan fingerprint density at radius 2 is 2.08 bits per heavy atom. The lowest BCUT2D eigenvalue weighted by Gasteiger charge is -2.05. The molecule has 0 saturated heterocycles. The Morgan fingerprint density at radius 1 is 1.33 bits per heavy atom. The second kappa shape index (κ2) is 6.14. The van der Waals surface area contributed by atoms with E-state index in [0.29, 0.717) is 10.2 Å². The number of aromatic nitrogens is 2. The zero-order valence-electron chi connectivity index (χ0n) is 12.7. The maximum atomic E-state index is 12.6. The molecule has 0 bridgehead atoms. The quantitative estimate of drug-likeness (QED) is 0.727. The largest absolute Gasteiger partial charge is 0.352 e. The van der Waals surface area contributed by atoms with Crippen molar-refractivity contribution in [3.05, 3.63) is 51.5 Å². The maximum Gasteiger partial charge on any atom is 0.271 e. The number of carbonyl (C=O) groups excluding carboxylic acids is 1. The van der Waals surface area contributed by atoms with Crippen LogP contribution in [0.25, 0.3) is 20.7 Å². The van der Waals surface area contributed by atoms with Gasteiger partial charge in [-0.05, 0) is 36.6 Å². The van der Waals surface area contributed by atoms with E-state index in [2.05, 4.69) is 26.2 Å². The minimum absolute atomic E-state index is 0.0176. The van der Waals surface area contributed by atoms with Gasteiger partial charge in [-0.25, -0.2) is 4.98 Å². The van der Waals surface area contributed by atoms with E-state index >= 15 is 0 Å². The fourth-order valence-electron chi connectivity index (χ4n) is 2.47. The van der Waals surface area contributed by atoms with Crippen LogP contribution in [0.4, 0.5) is 0 Å². The van der Waals surface area contributed by atoms with Crippen LogP contribution in [0.3, 0.4) is 0 Å².